The number of aliphatic hydroxyl groups is 2. The predicted octanol–water partition coefficient (Wildman–Crippen LogP) is 1.68. The van der Waals surface area contributed by atoms with Gasteiger partial charge in [-0.15, -0.1) is 11.3 Å². The third-order valence-corrected chi connectivity index (χ3v) is 4.48. The van der Waals surface area contributed by atoms with Gasteiger partial charge in [0.25, 0.3) is 0 Å². The van der Waals surface area contributed by atoms with Crippen LogP contribution in [-0.2, 0) is 6.54 Å². The maximum atomic E-state index is 9.93. The molecule has 1 aromatic heterocycles. The van der Waals surface area contributed by atoms with Crippen molar-refractivity contribution in [3.8, 4) is 11.8 Å². The molecule has 0 spiro atoms. The maximum Gasteiger partial charge on any atom is 0.0693 e. The smallest absolute Gasteiger partial charge is 0.0693 e. The summed E-state index contributed by atoms with van der Waals surface area (Å²) in [4.78, 5) is 3.56. The minimum atomic E-state index is -0.211. The zero-order valence-corrected chi connectivity index (χ0v) is 12.1. The molecule has 4 heteroatoms. The van der Waals surface area contributed by atoms with Crippen molar-refractivity contribution in [2.24, 2.45) is 5.92 Å². The number of thiophene rings is 1. The fraction of sp³-hybridized carbons (Fsp3) is 0.600. The van der Waals surface area contributed by atoms with Gasteiger partial charge in [0.2, 0.25) is 0 Å². The molecule has 1 aliphatic rings. The first kappa shape index (κ1) is 14.5. The molecule has 2 atom stereocenters. The summed E-state index contributed by atoms with van der Waals surface area (Å²) in [6, 6.07) is 2.04. The predicted molar refractivity (Wildman–Crippen MR) is 78.0 cm³/mol. The van der Waals surface area contributed by atoms with Gasteiger partial charge >= 0.3 is 0 Å². The van der Waals surface area contributed by atoms with E-state index in [1.54, 1.807) is 11.3 Å². The fourth-order valence-corrected chi connectivity index (χ4v) is 3.12. The highest BCUT2D eigenvalue weighted by atomic mass is 32.1. The second kappa shape index (κ2) is 7.06. The van der Waals surface area contributed by atoms with Crippen LogP contribution in [0.25, 0.3) is 0 Å². The van der Waals surface area contributed by atoms with Crippen LogP contribution in [-0.4, -0.2) is 40.9 Å². The summed E-state index contributed by atoms with van der Waals surface area (Å²) in [7, 11) is 0. The van der Waals surface area contributed by atoms with Crippen LogP contribution in [0.2, 0.25) is 0 Å². The van der Waals surface area contributed by atoms with Crippen LogP contribution in [0, 0.1) is 17.8 Å². The molecular formula is C15H21NO2S. The van der Waals surface area contributed by atoms with E-state index in [1.807, 2.05) is 6.07 Å². The van der Waals surface area contributed by atoms with E-state index < -0.39 is 0 Å². The van der Waals surface area contributed by atoms with Gasteiger partial charge in [0.15, 0.2) is 0 Å². The summed E-state index contributed by atoms with van der Waals surface area (Å²) in [6.07, 6.45) is 1.37. The fourth-order valence-electron chi connectivity index (χ4n) is 2.25. The Bertz CT molecular complexity index is 460. The number of hydrogen-bond acceptors (Lipinski definition) is 4. The van der Waals surface area contributed by atoms with Crippen LogP contribution in [0.5, 0.6) is 0 Å². The number of piperidine rings is 1. The van der Waals surface area contributed by atoms with E-state index in [0.717, 1.165) is 31.6 Å². The number of β-amino-alcohol motifs (C(OH)–C–C–N with tert-alkyl or cyclic N) is 1. The average Bonchev–Trinajstić information content (AvgIpc) is 2.82. The minimum absolute atomic E-state index is 0.114. The van der Waals surface area contributed by atoms with Crippen molar-refractivity contribution < 1.29 is 10.2 Å². The molecule has 1 aliphatic heterocycles. The van der Waals surface area contributed by atoms with Crippen LogP contribution < -0.4 is 0 Å². The van der Waals surface area contributed by atoms with Gasteiger partial charge in [0.1, 0.15) is 0 Å². The number of likely N-dealkylation sites (tertiary alicyclic amines) is 1. The molecule has 1 aromatic rings. The molecule has 0 aliphatic carbocycles. The van der Waals surface area contributed by atoms with Gasteiger partial charge in [-0.2, -0.15) is 0 Å². The number of nitrogens with zero attached hydrogens (tertiary/aromatic N) is 1. The van der Waals surface area contributed by atoms with Gasteiger partial charge < -0.3 is 10.2 Å². The van der Waals surface area contributed by atoms with Gasteiger partial charge in [0.05, 0.1) is 12.7 Å². The number of aliphatic hydroxyl groups excluding tert-OH is 2. The highest BCUT2D eigenvalue weighted by Gasteiger charge is 2.24. The van der Waals surface area contributed by atoms with Crippen molar-refractivity contribution in [2.45, 2.75) is 32.4 Å². The van der Waals surface area contributed by atoms with Crippen molar-refractivity contribution in [1.82, 2.24) is 4.90 Å². The molecule has 0 saturated carbocycles. The molecule has 0 aromatic carbocycles. The lowest BCUT2D eigenvalue weighted by molar-refractivity contribution is 0.0263. The van der Waals surface area contributed by atoms with Gasteiger partial charge in [-0.25, -0.2) is 0 Å². The molecule has 0 amide bonds. The lowest BCUT2D eigenvalue weighted by atomic mass is 9.96. The van der Waals surface area contributed by atoms with Crippen molar-refractivity contribution in [2.75, 3.05) is 19.7 Å². The van der Waals surface area contributed by atoms with Crippen LogP contribution in [0.1, 0.15) is 30.2 Å². The Morgan fingerprint density at radius 2 is 2.37 bits per heavy atom. The van der Waals surface area contributed by atoms with E-state index in [1.165, 1.54) is 4.88 Å². The summed E-state index contributed by atoms with van der Waals surface area (Å²) in [5.41, 5.74) is 1.06. The van der Waals surface area contributed by atoms with E-state index in [0.29, 0.717) is 12.3 Å². The average molecular weight is 279 g/mol. The number of hydrogen-bond donors (Lipinski definition) is 2. The number of rotatable bonds is 3. The molecule has 1 saturated heterocycles. The summed E-state index contributed by atoms with van der Waals surface area (Å²) >= 11 is 1.71. The highest BCUT2D eigenvalue weighted by molar-refractivity contribution is 7.10. The van der Waals surface area contributed by atoms with Gasteiger partial charge in [-0.1, -0.05) is 18.8 Å². The van der Waals surface area contributed by atoms with Crippen LogP contribution in [0.4, 0.5) is 0 Å². The SMILES string of the molecule is CC1CCN(Cc2sccc2C#CCCO)CC1O. The second-order valence-electron chi connectivity index (χ2n) is 5.10. The Morgan fingerprint density at radius 1 is 1.53 bits per heavy atom. The van der Waals surface area contributed by atoms with Crippen LogP contribution >= 0.6 is 11.3 Å². The topological polar surface area (TPSA) is 43.7 Å². The van der Waals surface area contributed by atoms with Crippen LogP contribution in [0.15, 0.2) is 11.4 Å². The third kappa shape index (κ3) is 4.05. The zero-order chi connectivity index (χ0) is 13.7. The lowest BCUT2D eigenvalue weighted by Gasteiger charge is -2.34. The third-order valence-electron chi connectivity index (χ3n) is 3.58. The molecule has 2 N–H and O–H groups in total. The summed E-state index contributed by atoms with van der Waals surface area (Å²) in [6.45, 7) is 4.88. The molecule has 2 unspecified atom stereocenters. The first-order valence-electron chi connectivity index (χ1n) is 6.77. The van der Waals surface area contributed by atoms with E-state index in [4.69, 9.17) is 5.11 Å². The van der Waals surface area contributed by atoms with E-state index in [-0.39, 0.29) is 12.7 Å². The molecule has 2 heterocycles. The van der Waals surface area contributed by atoms with Crippen molar-refractivity contribution in [3.63, 3.8) is 0 Å². The Morgan fingerprint density at radius 3 is 3.11 bits per heavy atom. The van der Waals surface area contributed by atoms with Crippen molar-refractivity contribution in [1.29, 1.82) is 0 Å². The molecule has 0 bridgehead atoms. The molecular weight excluding hydrogens is 258 g/mol. The van der Waals surface area contributed by atoms with Crippen molar-refractivity contribution >= 4 is 11.3 Å². The summed E-state index contributed by atoms with van der Waals surface area (Å²) in [5, 5.41) is 20.7. The first-order valence-corrected chi connectivity index (χ1v) is 7.65. The largest absolute Gasteiger partial charge is 0.395 e. The lowest BCUT2D eigenvalue weighted by Crippen LogP contribution is -2.42. The minimum Gasteiger partial charge on any atom is -0.395 e. The Balaban J connectivity index is 1.97. The first-order chi connectivity index (χ1) is 9.20. The molecule has 1 fully saturated rings. The molecule has 2 rings (SSSR count). The molecule has 3 nitrogen and oxygen atoms in total. The van der Waals surface area contributed by atoms with Gasteiger partial charge in [0, 0.05) is 30.0 Å². The van der Waals surface area contributed by atoms with Crippen LogP contribution in [0.3, 0.4) is 0 Å². The normalized spacial score (nSPS) is 23.9. The van der Waals surface area contributed by atoms with Gasteiger partial charge in [-0.05, 0) is 30.3 Å². The summed E-state index contributed by atoms with van der Waals surface area (Å²) < 4.78 is 0. The Labute approximate surface area is 118 Å². The Kier molecular flexibility index (Phi) is 5.41. The van der Waals surface area contributed by atoms with E-state index in [2.05, 4.69) is 29.0 Å². The zero-order valence-electron chi connectivity index (χ0n) is 11.3. The standard InChI is InChI=1S/C15H21NO2S/c1-12-5-7-16(10-14(12)18)11-15-13(6-9-19-15)4-2-3-8-17/h6,9,12,14,17-18H,3,5,7-8,10-11H2,1H3. The molecule has 104 valence electrons. The quantitative estimate of drug-likeness (QED) is 0.828. The monoisotopic (exact) mass is 279 g/mol. The Hall–Kier alpha value is -0.860. The highest BCUT2D eigenvalue weighted by Crippen LogP contribution is 2.22. The van der Waals surface area contributed by atoms with Gasteiger partial charge in [-0.3, -0.25) is 4.90 Å². The van der Waals surface area contributed by atoms with Crippen molar-refractivity contribution in [3.05, 3.63) is 21.9 Å². The maximum absolute atomic E-state index is 9.93. The summed E-state index contributed by atoms with van der Waals surface area (Å²) in [5.74, 6) is 6.49. The van der Waals surface area contributed by atoms with E-state index in [9.17, 15) is 5.11 Å². The van der Waals surface area contributed by atoms with E-state index >= 15 is 0 Å². The molecule has 19 heavy (non-hydrogen) atoms. The second-order valence-corrected chi connectivity index (χ2v) is 6.10. The molecule has 0 radical (unpaired) electrons.